The van der Waals surface area contributed by atoms with Gasteiger partial charge in [0.05, 0.1) is 11.6 Å². The van der Waals surface area contributed by atoms with Gasteiger partial charge in [-0.05, 0) is 42.9 Å². The van der Waals surface area contributed by atoms with Gasteiger partial charge in [-0.25, -0.2) is 0 Å². The predicted octanol–water partition coefficient (Wildman–Crippen LogP) is 3.02. The molecule has 2 unspecified atom stereocenters. The van der Waals surface area contributed by atoms with Crippen molar-refractivity contribution in [2.75, 3.05) is 11.9 Å². The zero-order valence-electron chi connectivity index (χ0n) is 11.9. The monoisotopic (exact) mass is 302 g/mol. The second kappa shape index (κ2) is 6.09. The number of hydrogen-bond donors (Lipinski definition) is 2. The maximum Gasteiger partial charge on any atom is 0.228 e. The van der Waals surface area contributed by atoms with Gasteiger partial charge in [-0.1, -0.05) is 36.3 Å². The van der Waals surface area contributed by atoms with E-state index in [1.165, 1.54) is 25.7 Å². The van der Waals surface area contributed by atoms with Crippen molar-refractivity contribution >= 4 is 23.2 Å². The van der Waals surface area contributed by atoms with Crippen molar-refractivity contribution in [3.8, 4) is 11.8 Å². The van der Waals surface area contributed by atoms with E-state index in [0.29, 0.717) is 29.0 Å². The second-order valence-corrected chi connectivity index (χ2v) is 6.23. The fourth-order valence-corrected chi connectivity index (χ4v) is 3.62. The van der Waals surface area contributed by atoms with Gasteiger partial charge in [0, 0.05) is 17.2 Å². The average Bonchev–Trinajstić information content (AvgIpc) is 3.22. The van der Waals surface area contributed by atoms with E-state index >= 15 is 0 Å². The SMILES string of the molecule is NCC#Cc1cc(NC(=O)C2C3CCCCC32)ccc1Cl. The van der Waals surface area contributed by atoms with Crippen molar-refractivity contribution in [1.82, 2.24) is 0 Å². The molecule has 3 nitrogen and oxygen atoms in total. The summed E-state index contributed by atoms with van der Waals surface area (Å²) < 4.78 is 0. The van der Waals surface area contributed by atoms with E-state index in [2.05, 4.69) is 17.2 Å². The zero-order chi connectivity index (χ0) is 14.8. The van der Waals surface area contributed by atoms with Gasteiger partial charge < -0.3 is 11.1 Å². The van der Waals surface area contributed by atoms with Crippen LogP contribution in [-0.4, -0.2) is 12.5 Å². The molecule has 1 aromatic carbocycles. The topological polar surface area (TPSA) is 55.1 Å². The summed E-state index contributed by atoms with van der Waals surface area (Å²) in [4.78, 5) is 12.4. The van der Waals surface area contributed by atoms with Gasteiger partial charge in [0.25, 0.3) is 0 Å². The highest BCUT2D eigenvalue weighted by Crippen LogP contribution is 2.55. The maximum atomic E-state index is 12.4. The summed E-state index contributed by atoms with van der Waals surface area (Å²) in [5, 5.41) is 3.59. The smallest absolute Gasteiger partial charge is 0.228 e. The normalized spacial score (nSPS) is 26.3. The molecule has 0 heterocycles. The largest absolute Gasteiger partial charge is 0.326 e. The van der Waals surface area contributed by atoms with Crippen LogP contribution in [-0.2, 0) is 4.79 Å². The lowest BCUT2D eigenvalue weighted by Crippen LogP contribution is -2.15. The van der Waals surface area contributed by atoms with Gasteiger partial charge in [-0.2, -0.15) is 0 Å². The van der Waals surface area contributed by atoms with E-state index in [0.717, 1.165) is 5.69 Å². The Morgan fingerprint density at radius 3 is 2.71 bits per heavy atom. The zero-order valence-corrected chi connectivity index (χ0v) is 12.6. The minimum Gasteiger partial charge on any atom is -0.326 e. The molecule has 0 aliphatic heterocycles. The van der Waals surface area contributed by atoms with Crippen LogP contribution in [0, 0.1) is 29.6 Å². The van der Waals surface area contributed by atoms with Crippen LogP contribution in [0.25, 0.3) is 0 Å². The highest BCUT2D eigenvalue weighted by Gasteiger charge is 2.54. The number of fused-ring (bicyclic) bond motifs is 1. The first-order valence-electron chi connectivity index (χ1n) is 7.50. The standard InChI is InChI=1S/C17H19ClN2O/c18-15-8-7-12(10-11(15)4-3-9-19)20-17(21)16-13-5-1-2-6-14(13)16/h7-8,10,13-14,16H,1-2,5-6,9,19H2,(H,20,21). The molecule has 2 atom stereocenters. The highest BCUT2D eigenvalue weighted by molar-refractivity contribution is 6.31. The lowest BCUT2D eigenvalue weighted by Gasteiger charge is -2.06. The Balaban J connectivity index is 1.69. The molecule has 4 heteroatoms. The summed E-state index contributed by atoms with van der Waals surface area (Å²) in [6.07, 6.45) is 4.95. The summed E-state index contributed by atoms with van der Waals surface area (Å²) in [6, 6.07) is 5.40. The molecule has 2 aliphatic carbocycles. The fourth-order valence-electron chi connectivity index (χ4n) is 3.45. The van der Waals surface area contributed by atoms with Crippen LogP contribution < -0.4 is 11.1 Å². The molecule has 0 radical (unpaired) electrons. The van der Waals surface area contributed by atoms with Crippen LogP contribution in [0.5, 0.6) is 0 Å². The van der Waals surface area contributed by atoms with Gasteiger partial charge in [0.1, 0.15) is 0 Å². The molecule has 3 N–H and O–H groups in total. The molecule has 110 valence electrons. The Morgan fingerprint density at radius 1 is 1.33 bits per heavy atom. The number of carbonyl (C=O) groups is 1. The predicted molar refractivity (Wildman–Crippen MR) is 85.0 cm³/mol. The van der Waals surface area contributed by atoms with Gasteiger partial charge in [0.15, 0.2) is 0 Å². The number of anilines is 1. The quantitative estimate of drug-likeness (QED) is 0.825. The first-order valence-corrected chi connectivity index (χ1v) is 7.88. The van der Waals surface area contributed by atoms with Crippen molar-refractivity contribution in [3.05, 3.63) is 28.8 Å². The summed E-state index contributed by atoms with van der Waals surface area (Å²) in [6.45, 7) is 0.290. The van der Waals surface area contributed by atoms with Crippen molar-refractivity contribution in [1.29, 1.82) is 0 Å². The lowest BCUT2D eigenvalue weighted by molar-refractivity contribution is -0.117. The highest BCUT2D eigenvalue weighted by atomic mass is 35.5. The molecular weight excluding hydrogens is 284 g/mol. The van der Waals surface area contributed by atoms with E-state index in [-0.39, 0.29) is 11.8 Å². The molecule has 1 aromatic rings. The van der Waals surface area contributed by atoms with E-state index in [4.69, 9.17) is 17.3 Å². The lowest BCUT2D eigenvalue weighted by atomic mass is 10.0. The third-order valence-electron chi connectivity index (χ3n) is 4.52. The molecule has 2 aliphatic rings. The van der Waals surface area contributed by atoms with Crippen LogP contribution in [0.1, 0.15) is 31.2 Å². The van der Waals surface area contributed by atoms with Crippen LogP contribution in [0.4, 0.5) is 5.69 Å². The van der Waals surface area contributed by atoms with Crippen LogP contribution in [0.3, 0.4) is 0 Å². The molecule has 0 aromatic heterocycles. The van der Waals surface area contributed by atoms with Crippen molar-refractivity contribution in [3.63, 3.8) is 0 Å². The van der Waals surface area contributed by atoms with Gasteiger partial charge in [0.2, 0.25) is 5.91 Å². The first kappa shape index (κ1) is 14.4. The van der Waals surface area contributed by atoms with Gasteiger partial charge >= 0.3 is 0 Å². The molecule has 3 rings (SSSR count). The molecule has 0 spiro atoms. The minimum absolute atomic E-state index is 0.145. The number of nitrogens with one attached hydrogen (secondary N) is 1. The van der Waals surface area contributed by atoms with Crippen LogP contribution >= 0.6 is 11.6 Å². The van der Waals surface area contributed by atoms with Crippen molar-refractivity contribution < 1.29 is 4.79 Å². The minimum atomic E-state index is 0.145. The van der Waals surface area contributed by atoms with E-state index in [1.54, 1.807) is 6.07 Å². The Labute approximate surface area is 130 Å². The molecule has 2 saturated carbocycles. The van der Waals surface area contributed by atoms with Crippen LogP contribution in [0.15, 0.2) is 18.2 Å². The summed E-state index contributed by atoms with van der Waals surface area (Å²) in [7, 11) is 0. The Kier molecular flexibility index (Phi) is 4.19. The third kappa shape index (κ3) is 3.07. The first-order chi connectivity index (χ1) is 10.2. The summed E-state index contributed by atoms with van der Waals surface area (Å²) in [5.74, 6) is 7.29. The number of benzene rings is 1. The summed E-state index contributed by atoms with van der Waals surface area (Å²) in [5.41, 5.74) is 6.83. The van der Waals surface area contributed by atoms with E-state index < -0.39 is 0 Å². The number of halogens is 1. The summed E-state index contributed by atoms with van der Waals surface area (Å²) >= 11 is 6.09. The number of amides is 1. The molecule has 2 fully saturated rings. The number of hydrogen-bond acceptors (Lipinski definition) is 2. The van der Waals surface area contributed by atoms with E-state index in [9.17, 15) is 4.79 Å². The number of nitrogens with two attached hydrogens (primary N) is 1. The molecule has 21 heavy (non-hydrogen) atoms. The Hall–Kier alpha value is -1.50. The van der Waals surface area contributed by atoms with Gasteiger partial charge in [-0.3, -0.25) is 4.79 Å². The molecule has 1 amide bonds. The Bertz CT molecular complexity index is 605. The maximum absolute atomic E-state index is 12.4. The second-order valence-electron chi connectivity index (χ2n) is 5.83. The van der Waals surface area contributed by atoms with E-state index in [1.807, 2.05) is 12.1 Å². The third-order valence-corrected chi connectivity index (χ3v) is 4.85. The average molecular weight is 303 g/mol. The Morgan fingerprint density at radius 2 is 2.05 bits per heavy atom. The van der Waals surface area contributed by atoms with Crippen molar-refractivity contribution in [2.24, 2.45) is 23.5 Å². The van der Waals surface area contributed by atoms with Gasteiger partial charge in [-0.15, -0.1) is 0 Å². The number of rotatable bonds is 2. The number of carbonyl (C=O) groups excluding carboxylic acids is 1. The molecule has 0 saturated heterocycles. The molecule has 0 bridgehead atoms. The van der Waals surface area contributed by atoms with Crippen LogP contribution in [0.2, 0.25) is 5.02 Å². The van der Waals surface area contributed by atoms with Crippen molar-refractivity contribution in [2.45, 2.75) is 25.7 Å². The molecular formula is C17H19ClN2O. The fraction of sp³-hybridized carbons (Fsp3) is 0.471.